The first-order valence-electron chi connectivity index (χ1n) is 9.41. The molecule has 0 spiro atoms. The van der Waals surface area contributed by atoms with Gasteiger partial charge in [0.05, 0.1) is 11.6 Å². The number of rotatable bonds is 6. The molecular formula is C18H21N5O7. The van der Waals surface area contributed by atoms with Gasteiger partial charge in [-0.2, -0.15) is 5.10 Å². The van der Waals surface area contributed by atoms with Gasteiger partial charge in [-0.3, -0.25) is 14.4 Å². The van der Waals surface area contributed by atoms with Crippen LogP contribution in [0.3, 0.4) is 0 Å². The second-order valence-electron chi connectivity index (χ2n) is 7.03. The molecule has 4 atom stereocenters. The number of carbonyl (C=O) groups excluding carboxylic acids is 3. The number of hydrogen-bond donors (Lipinski definition) is 0. The van der Waals surface area contributed by atoms with Crippen molar-refractivity contribution in [2.75, 3.05) is 24.6 Å². The quantitative estimate of drug-likeness (QED) is 0.355. The van der Waals surface area contributed by atoms with Gasteiger partial charge in [-0.1, -0.05) is 0 Å². The van der Waals surface area contributed by atoms with Crippen LogP contribution < -0.4 is 4.90 Å². The summed E-state index contributed by atoms with van der Waals surface area (Å²) in [5.41, 5.74) is 0.476. The Morgan fingerprint density at radius 3 is 2.40 bits per heavy atom. The fourth-order valence-electron chi connectivity index (χ4n) is 3.44. The predicted molar refractivity (Wildman–Crippen MR) is 99.2 cm³/mol. The average Bonchev–Trinajstić information content (AvgIpc) is 3.36. The summed E-state index contributed by atoms with van der Waals surface area (Å²) in [4.78, 5) is 45.4. The molecule has 30 heavy (non-hydrogen) atoms. The van der Waals surface area contributed by atoms with Crippen LogP contribution in [0, 0.1) is 0 Å². The first-order chi connectivity index (χ1) is 14.3. The highest BCUT2D eigenvalue weighted by Crippen LogP contribution is 2.37. The van der Waals surface area contributed by atoms with Gasteiger partial charge in [-0.25, -0.2) is 14.6 Å². The van der Waals surface area contributed by atoms with Crippen molar-refractivity contribution >= 4 is 34.8 Å². The molecule has 12 nitrogen and oxygen atoms in total. The van der Waals surface area contributed by atoms with Crippen molar-refractivity contribution in [1.82, 2.24) is 19.7 Å². The fraction of sp³-hybridized carbons (Fsp3) is 0.556. The third-order valence-corrected chi connectivity index (χ3v) is 4.70. The fourth-order valence-corrected chi connectivity index (χ4v) is 3.44. The van der Waals surface area contributed by atoms with Crippen molar-refractivity contribution < 1.29 is 33.3 Å². The van der Waals surface area contributed by atoms with Gasteiger partial charge < -0.3 is 23.8 Å². The summed E-state index contributed by atoms with van der Waals surface area (Å²) in [7, 11) is 0. The zero-order valence-electron chi connectivity index (χ0n) is 16.7. The molecule has 2 aromatic rings. The Morgan fingerprint density at radius 1 is 1.07 bits per heavy atom. The van der Waals surface area contributed by atoms with E-state index in [9.17, 15) is 14.4 Å². The molecule has 12 heteroatoms. The second kappa shape index (κ2) is 7.86. The molecular weight excluding hydrogens is 398 g/mol. The van der Waals surface area contributed by atoms with Crippen LogP contribution in [0.25, 0.3) is 11.0 Å². The van der Waals surface area contributed by atoms with Crippen molar-refractivity contribution in [3.05, 3.63) is 12.5 Å². The van der Waals surface area contributed by atoms with Crippen LogP contribution in [0.1, 0.15) is 27.0 Å². The van der Waals surface area contributed by atoms with Crippen molar-refractivity contribution in [1.29, 1.82) is 0 Å². The summed E-state index contributed by atoms with van der Waals surface area (Å²) >= 11 is 0. The lowest BCUT2D eigenvalue weighted by Crippen LogP contribution is -2.40. The number of nitrogens with zero attached hydrogens (tertiary/aromatic N) is 5. The lowest BCUT2D eigenvalue weighted by Gasteiger charge is -2.23. The van der Waals surface area contributed by atoms with E-state index in [0.29, 0.717) is 11.0 Å². The number of anilines is 1. The molecule has 4 heterocycles. The first kappa shape index (κ1) is 20.0. The number of aromatic nitrogens is 4. The van der Waals surface area contributed by atoms with Crippen LogP contribution in [0.4, 0.5) is 5.82 Å². The molecule has 0 saturated carbocycles. The minimum atomic E-state index is -1.02. The zero-order valence-corrected chi connectivity index (χ0v) is 16.7. The van der Waals surface area contributed by atoms with Gasteiger partial charge >= 0.3 is 17.9 Å². The van der Waals surface area contributed by atoms with E-state index in [4.69, 9.17) is 18.9 Å². The van der Waals surface area contributed by atoms with Gasteiger partial charge in [0.2, 0.25) is 0 Å². The van der Waals surface area contributed by atoms with Gasteiger partial charge in [-0.15, -0.1) is 0 Å². The molecule has 0 radical (unpaired) electrons. The molecule has 0 aromatic carbocycles. The van der Waals surface area contributed by atoms with E-state index in [-0.39, 0.29) is 6.61 Å². The van der Waals surface area contributed by atoms with Gasteiger partial charge in [0.1, 0.15) is 24.9 Å². The van der Waals surface area contributed by atoms with Crippen LogP contribution >= 0.6 is 0 Å². The second-order valence-corrected chi connectivity index (χ2v) is 7.03. The van der Waals surface area contributed by atoms with Crippen molar-refractivity contribution in [2.24, 2.45) is 0 Å². The summed E-state index contributed by atoms with van der Waals surface area (Å²) in [6.45, 7) is 5.33. The number of carbonyl (C=O) groups is 3. The SMILES string of the molecule is CC(=O)OC[C@@H]1O[C@@H](n2ncc3c(N4CC4)ncnc32)[C@@H](OC(C)=O)[C@H]1OC(C)=O. The van der Waals surface area contributed by atoms with Crippen LogP contribution in [0.2, 0.25) is 0 Å². The van der Waals surface area contributed by atoms with Crippen LogP contribution in [0.15, 0.2) is 12.5 Å². The van der Waals surface area contributed by atoms with Gasteiger partial charge in [0.15, 0.2) is 24.1 Å². The topological polar surface area (TPSA) is 135 Å². The van der Waals surface area contributed by atoms with Crippen molar-refractivity contribution in [2.45, 2.75) is 45.3 Å². The summed E-state index contributed by atoms with van der Waals surface area (Å²) in [5.74, 6) is -0.949. The number of ether oxygens (including phenoxy) is 4. The lowest BCUT2D eigenvalue weighted by molar-refractivity contribution is -0.166. The normalized spacial score (nSPS) is 25.2. The molecule has 2 fully saturated rings. The smallest absolute Gasteiger partial charge is 0.303 e. The van der Waals surface area contributed by atoms with E-state index >= 15 is 0 Å². The molecule has 2 aliphatic heterocycles. The Labute approximate surface area is 171 Å². The highest BCUT2D eigenvalue weighted by Gasteiger charge is 2.51. The molecule has 0 aliphatic carbocycles. The maximum atomic E-state index is 11.8. The number of hydrogen-bond acceptors (Lipinski definition) is 11. The summed E-state index contributed by atoms with van der Waals surface area (Å²) in [5, 5.41) is 5.09. The molecule has 0 N–H and O–H groups in total. The minimum Gasteiger partial charge on any atom is -0.463 e. The van der Waals surface area contributed by atoms with E-state index in [1.54, 1.807) is 6.20 Å². The minimum absolute atomic E-state index is 0.186. The summed E-state index contributed by atoms with van der Waals surface area (Å²) < 4.78 is 23.3. The Bertz CT molecular complexity index is 988. The maximum absolute atomic E-state index is 11.8. The largest absolute Gasteiger partial charge is 0.463 e. The third kappa shape index (κ3) is 3.90. The van der Waals surface area contributed by atoms with E-state index < -0.39 is 42.4 Å². The van der Waals surface area contributed by atoms with Gasteiger partial charge in [-0.05, 0) is 0 Å². The Kier molecular flexibility index (Phi) is 5.24. The first-order valence-corrected chi connectivity index (χ1v) is 9.41. The number of esters is 3. The number of fused-ring (bicyclic) bond motifs is 1. The standard InChI is InChI=1S/C18H21N5O7/c1-9(24)27-7-13-14(28-10(2)25)15(29-11(3)26)18(30-13)23-17-12(6-21-23)16(19-8-20-17)22-4-5-22/h6,8,13-15,18H,4-5,7H2,1-3H3/t13-,14-,15-,18+/m0/s1. The van der Waals surface area contributed by atoms with E-state index in [2.05, 4.69) is 20.0 Å². The Hall–Kier alpha value is -3.28. The zero-order chi connectivity index (χ0) is 21.4. The average molecular weight is 419 g/mol. The Morgan fingerprint density at radius 2 is 1.77 bits per heavy atom. The highest BCUT2D eigenvalue weighted by atomic mass is 16.7. The molecule has 4 rings (SSSR count). The Balaban J connectivity index is 1.72. The monoisotopic (exact) mass is 419 g/mol. The molecule has 160 valence electrons. The molecule has 2 saturated heterocycles. The van der Waals surface area contributed by atoms with Gasteiger partial charge in [0.25, 0.3) is 0 Å². The van der Waals surface area contributed by atoms with Crippen molar-refractivity contribution in [3.8, 4) is 0 Å². The highest BCUT2D eigenvalue weighted by molar-refractivity contribution is 5.87. The third-order valence-electron chi connectivity index (χ3n) is 4.70. The van der Waals surface area contributed by atoms with Gasteiger partial charge in [0, 0.05) is 33.9 Å². The van der Waals surface area contributed by atoms with Crippen LogP contribution in [-0.4, -0.2) is 75.7 Å². The van der Waals surface area contributed by atoms with Crippen LogP contribution in [0.5, 0.6) is 0 Å². The molecule has 0 unspecified atom stereocenters. The molecule has 2 aliphatic rings. The van der Waals surface area contributed by atoms with E-state index in [1.165, 1.54) is 31.8 Å². The van der Waals surface area contributed by atoms with Crippen LogP contribution in [-0.2, 0) is 33.3 Å². The van der Waals surface area contributed by atoms with Crippen molar-refractivity contribution in [3.63, 3.8) is 0 Å². The predicted octanol–water partition coefficient (Wildman–Crippen LogP) is -0.0298. The summed E-state index contributed by atoms with van der Waals surface area (Å²) in [6.07, 6.45) is -0.798. The molecule has 0 bridgehead atoms. The van der Waals surface area contributed by atoms with E-state index in [1.807, 2.05) is 0 Å². The van der Waals surface area contributed by atoms with E-state index in [0.717, 1.165) is 18.9 Å². The summed E-state index contributed by atoms with van der Waals surface area (Å²) in [6, 6.07) is 0. The molecule has 2 aromatic heterocycles. The molecule has 0 amide bonds. The maximum Gasteiger partial charge on any atom is 0.303 e. The lowest BCUT2D eigenvalue weighted by atomic mass is 10.1.